The van der Waals surface area contributed by atoms with Gasteiger partial charge in [0.05, 0.1) is 44.1 Å². The Kier molecular flexibility index (Phi) is 8.61. The maximum absolute atomic E-state index is 13.3. The lowest BCUT2D eigenvalue weighted by molar-refractivity contribution is -0.140. The Hall–Kier alpha value is -3.36. The number of para-hydroxylation sites is 1. The quantitative estimate of drug-likeness (QED) is 0.307. The number of amides is 1. The van der Waals surface area contributed by atoms with Crippen molar-refractivity contribution in [2.75, 3.05) is 53.1 Å². The fourth-order valence-electron chi connectivity index (χ4n) is 4.73. The fraction of sp³-hybridized carbons (Fsp3) is 0.429. The Morgan fingerprint density at radius 2 is 1.86 bits per heavy atom. The predicted octanol–water partition coefficient (Wildman–Crippen LogP) is 3.63. The van der Waals surface area contributed by atoms with Crippen molar-refractivity contribution in [1.82, 2.24) is 9.80 Å². The van der Waals surface area contributed by atoms with Crippen LogP contribution in [0, 0.1) is 0 Å². The molecule has 2 aliphatic heterocycles. The minimum Gasteiger partial charge on any atom is -0.507 e. The van der Waals surface area contributed by atoms with Crippen molar-refractivity contribution < 1.29 is 28.9 Å². The van der Waals surface area contributed by atoms with Crippen molar-refractivity contribution in [2.45, 2.75) is 25.8 Å². The van der Waals surface area contributed by atoms with Crippen LogP contribution in [0.3, 0.4) is 0 Å². The van der Waals surface area contributed by atoms with Crippen molar-refractivity contribution >= 4 is 17.4 Å². The maximum Gasteiger partial charge on any atom is 0.295 e. The molecule has 1 atom stereocenters. The van der Waals surface area contributed by atoms with Crippen molar-refractivity contribution in [1.29, 1.82) is 0 Å². The lowest BCUT2D eigenvalue weighted by Crippen LogP contribution is -2.38. The number of carbonyl (C=O) groups excluding carboxylic acids is 2. The number of Topliss-reactive ketones (excluding diaryl/α,β-unsaturated/α-hetero) is 1. The van der Waals surface area contributed by atoms with Crippen LogP contribution in [-0.4, -0.2) is 79.7 Å². The molecule has 1 amide bonds. The van der Waals surface area contributed by atoms with E-state index in [1.54, 1.807) is 29.2 Å². The van der Waals surface area contributed by atoms with Gasteiger partial charge in [0.15, 0.2) is 0 Å². The first-order valence-corrected chi connectivity index (χ1v) is 12.5. The molecule has 2 heterocycles. The number of methoxy groups -OCH3 is 1. The number of likely N-dealkylation sites (tertiary alicyclic amines) is 1. The van der Waals surface area contributed by atoms with Crippen molar-refractivity contribution in [3.8, 4) is 11.5 Å². The van der Waals surface area contributed by atoms with E-state index in [9.17, 15) is 14.7 Å². The average molecular weight is 495 g/mol. The number of benzene rings is 2. The van der Waals surface area contributed by atoms with E-state index in [4.69, 9.17) is 14.2 Å². The number of ketones is 1. The van der Waals surface area contributed by atoms with Crippen LogP contribution in [0.4, 0.5) is 0 Å². The molecule has 1 unspecified atom stereocenters. The molecule has 192 valence electrons. The number of aliphatic hydroxyl groups excluding tert-OH is 1. The molecule has 2 aromatic carbocycles. The summed E-state index contributed by atoms with van der Waals surface area (Å²) in [6.45, 7) is 6.88. The van der Waals surface area contributed by atoms with Gasteiger partial charge in [-0.05, 0) is 42.7 Å². The Labute approximate surface area is 212 Å². The van der Waals surface area contributed by atoms with Crippen LogP contribution in [-0.2, 0) is 14.3 Å². The first-order valence-electron chi connectivity index (χ1n) is 12.5. The summed E-state index contributed by atoms with van der Waals surface area (Å²) in [5.41, 5.74) is 1.14. The molecule has 0 radical (unpaired) electrons. The normalized spacial score (nSPS) is 20.1. The Balaban J connectivity index is 1.71. The Bertz CT molecular complexity index is 1110. The molecule has 0 spiro atoms. The van der Waals surface area contributed by atoms with Gasteiger partial charge in [0.1, 0.15) is 17.3 Å². The summed E-state index contributed by atoms with van der Waals surface area (Å²) in [5, 5.41) is 11.4. The summed E-state index contributed by atoms with van der Waals surface area (Å²) in [4.78, 5) is 30.5. The fourth-order valence-corrected chi connectivity index (χ4v) is 4.73. The predicted molar refractivity (Wildman–Crippen MR) is 136 cm³/mol. The van der Waals surface area contributed by atoms with E-state index in [0.717, 1.165) is 26.1 Å². The zero-order chi connectivity index (χ0) is 25.5. The Morgan fingerprint density at radius 1 is 1.08 bits per heavy atom. The summed E-state index contributed by atoms with van der Waals surface area (Å²) in [5.74, 6) is -0.475. The largest absolute Gasteiger partial charge is 0.507 e. The number of hydrogen-bond acceptors (Lipinski definition) is 7. The number of rotatable bonds is 10. The summed E-state index contributed by atoms with van der Waals surface area (Å²) >= 11 is 0. The second kappa shape index (κ2) is 12.1. The molecule has 2 fully saturated rings. The van der Waals surface area contributed by atoms with Gasteiger partial charge < -0.3 is 24.2 Å². The molecule has 0 aliphatic carbocycles. The molecule has 2 aromatic rings. The van der Waals surface area contributed by atoms with E-state index in [1.165, 1.54) is 7.11 Å². The maximum atomic E-state index is 13.3. The minimum absolute atomic E-state index is 0.0588. The van der Waals surface area contributed by atoms with Crippen LogP contribution in [0.5, 0.6) is 11.5 Å². The van der Waals surface area contributed by atoms with E-state index in [-0.39, 0.29) is 11.3 Å². The van der Waals surface area contributed by atoms with Crippen LogP contribution in [0.2, 0.25) is 0 Å². The van der Waals surface area contributed by atoms with E-state index >= 15 is 0 Å². The van der Waals surface area contributed by atoms with E-state index in [0.29, 0.717) is 55.4 Å². The molecule has 0 saturated carbocycles. The molecule has 36 heavy (non-hydrogen) atoms. The molecule has 4 rings (SSSR count). The molecular weight excluding hydrogens is 460 g/mol. The van der Waals surface area contributed by atoms with Gasteiger partial charge in [-0.25, -0.2) is 0 Å². The van der Waals surface area contributed by atoms with Gasteiger partial charge in [-0.15, -0.1) is 0 Å². The van der Waals surface area contributed by atoms with E-state index < -0.39 is 17.7 Å². The monoisotopic (exact) mass is 494 g/mol. The van der Waals surface area contributed by atoms with Crippen molar-refractivity contribution in [3.05, 3.63) is 65.2 Å². The number of nitrogens with zero attached hydrogens (tertiary/aromatic N) is 2. The summed E-state index contributed by atoms with van der Waals surface area (Å²) in [6, 6.07) is 13.6. The second-order valence-electron chi connectivity index (χ2n) is 8.92. The van der Waals surface area contributed by atoms with Gasteiger partial charge in [-0.3, -0.25) is 14.5 Å². The smallest absolute Gasteiger partial charge is 0.295 e. The highest BCUT2D eigenvalue weighted by molar-refractivity contribution is 6.46. The molecule has 8 heteroatoms. The van der Waals surface area contributed by atoms with Crippen LogP contribution in [0.1, 0.15) is 36.9 Å². The summed E-state index contributed by atoms with van der Waals surface area (Å²) in [6.07, 6.45) is 1.56. The van der Waals surface area contributed by atoms with Gasteiger partial charge in [0.2, 0.25) is 0 Å². The van der Waals surface area contributed by atoms with Crippen LogP contribution >= 0.6 is 0 Å². The third kappa shape index (κ3) is 5.55. The number of carbonyl (C=O) groups is 2. The van der Waals surface area contributed by atoms with Gasteiger partial charge >= 0.3 is 0 Å². The minimum atomic E-state index is -0.732. The second-order valence-corrected chi connectivity index (χ2v) is 8.92. The highest BCUT2D eigenvalue weighted by Gasteiger charge is 2.46. The third-order valence-corrected chi connectivity index (χ3v) is 6.53. The van der Waals surface area contributed by atoms with Crippen LogP contribution in [0.15, 0.2) is 54.1 Å². The lowest BCUT2D eigenvalue weighted by atomic mass is 9.94. The first kappa shape index (κ1) is 25.7. The zero-order valence-corrected chi connectivity index (χ0v) is 20.9. The van der Waals surface area contributed by atoms with Crippen molar-refractivity contribution in [2.24, 2.45) is 0 Å². The molecule has 0 bridgehead atoms. The first-order chi connectivity index (χ1) is 17.5. The van der Waals surface area contributed by atoms with Crippen LogP contribution in [0.25, 0.3) is 5.76 Å². The molecule has 2 saturated heterocycles. The number of morpholine rings is 1. The molecule has 8 nitrogen and oxygen atoms in total. The van der Waals surface area contributed by atoms with Gasteiger partial charge in [-0.1, -0.05) is 31.2 Å². The summed E-state index contributed by atoms with van der Waals surface area (Å²) < 4.78 is 16.6. The number of ether oxygens (including phenoxy) is 3. The van der Waals surface area contributed by atoms with Gasteiger partial charge in [0, 0.05) is 26.2 Å². The topological polar surface area (TPSA) is 88.5 Å². The zero-order valence-electron chi connectivity index (χ0n) is 20.9. The third-order valence-electron chi connectivity index (χ3n) is 6.53. The van der Waals surface area contributed by atoms with Crippen LogP contribution < -0.4 is 9.47 Å². The van der Waals surface area contributed by atoms with E-state index in [1.807, 2.05) is 31.2 Å². The molecular formula is C28H34N2O6. The SMILES string of the molecule is CCCOc1cccc(C2/C(=C(\O)c3ccccc3OC)C(=O)C(=O)N2CCCN2CCOCC2)c1. The molecule has 1 N–H and O–H groups in total. The standard InChI is InChI=1S/C28H34N2O6/c1-3-16-36-21-9-6-8-20(19-21)25-24(26(31)22-10-4-5-11-23(22)34-2)27(32)28(33)30(25)13-7-12-29-14-17-35-18-15-29/h4-6,8-11,19,25,31H,3,7,12-18H2,1-2H3/b26-24+. The van der Waals surface area contributed by atoms with Gasteiger partial charge in [0.25, 0.3) is 11.7 Å². The molecule has 0 aromatic heterocycles. The number of aliphatic hydroxyl groups is 1. The van der Waals surface area contributed by atoms with Gasteiger partial charge in [-0.2, -0.15) is 0 Å². The highest BCUT2D eigenvalue weighted by atomic mass is 16.5. The average Bonchev–Trinajstić information content (AvgIpc) is 3.17. The van der Waals surface area contributed by atoms with Crippen molar-refractivity contribution in [3.63, 3.8) is 0 Å². The Morgan fingerprint density at radius 3 is 2.61 bits per heavy atom. The summed E-state index contributed by atoms with van der Waals surface area (Å²) in [7, 11) is 1.50. The van der Waals surface area contributed by atoms with E-state index in [2.05, 4.69) is 4.90 Å². The number of hydrogen-bond donors (Lipinski definition) is 1. The molecule has 2 aliphatic rings. The lowest BCUT2D eigenvalue weighted by Gasteiger charge is -2.29. The highest BCUT2D eigenvalue weighted by Crippen LogP contribution is 2.41.